The first-order valence-corrected chi connectivity index (χ1v) is 7.97. The van der Waals surface area contributed by atoms with Crippen molar-refractivity contribution < 1.29 is 8.42 Å². The Hall–Kier alpha value is -0.580. The molecular weight excluding hydrogens is 258 g/mol. The Labute approximate surface area is 108 Å². The molecule has 0 fully saturated rings. The second kappa shape index (κ2) is 6.38. The van der Waals surface area contributed by atoms with E-state index in [9.17, 15) is 8.42 Å². The van der Waals surface area contributed by atoms with Crippen LogP contribution in [0.15, 0.2) is 24.3 Å². The molecular formula is C12H18ClNO2S. The molecule has 0 aliphatic carbocycles. The molecule has 5 heteroatoms. The van der Waals surface area contributed by atoms with E-state index in [4.69, 9.17) is 17.3 Å². The van der Waals surface area contributed by atoms with Gasteiger partial charge in [-0.1, -0.05) is 29.8 Å². The van der Waals surface area contributed by atoms with Crippen molar-refractivity contribution >= 4 is 21.4 Å². The molecule has 0 saturated heterocycles. The minimum Gasteiger partial charge on any atom is -0.330 e. The van der Waals surface area contributed by atoms with E-state index in [2.05, 4.69) is 0 Å². The van der Waals surface area contributed by atoms with Crippen LogP contribution in [0.2, 0.25) is 5.02 Å². The Bertz CT molecular complexity index is 459. The number of hydrogen-bond acceptors (Lipinski definition) is 3. The van der Waals surface area contributed by atoms with Crippen LogP contribution in [0.3, 0.4) is 0 Å². The minimum absolute atomic E-state index is 0.157. The maximum Gasteiger partial charge on any atom is 0.147 e. The van der Waals surface area contributed by atoms with Crippen LogP contribution in [0.4, 0.5) is 0 Å². The van der Waals surface area contributed by atoms with Crippen LogP contribution < -0.4 is 5.73 Å². The molecule has 2 N–H and O–H groups in total. The Morgan fingerprint density at radius 3 is 2.53 bits per heavy atom. The number of rotatable bonds is 6. The minimum atomic E-state index is -2.92. The molecule has 0 saturated carbocycles. The van der Waals surface area contributed by atoms with Crippen LogP contribution in [0.5, 0.6) is 0 Å². The summed E-state index contributed by atoms with van der Waals surface area (Å²) in [6.07, 6.45) is 2.56. The molecule has 0 spiro atoms. The molecule has 1 rings (SSSR count). The van der Waals surface area contributed by atoms with Crippen LogP contribution in [0, 0.1) is 5.92 Å². The lowest BCUT2D eigenvalue weighted by molar-refractivity contribution is 0.512. The maximum atomic E-state index is 11.1. The number of nitrogens with two attached hydrogens (primary N) is 1. The lowest BCUT2D eigenvalue weighted by atomic mass is 9.97. The van der Waals surface area contributed by atoms with Crippen molar-refractivity contribution in [2.45, 2.75) is 12.8 Å². The van der Waals surface area contributed by atoms with Crippen molar-refractivity contribution in [1.82, 2.24) is 0 Å². The van der Waals surface area contributed by atoms with Crippen molar-refractivity contribution in [3.05, 3.63) is 34.9 Å². The second-order valence-electron chi connectivity index (χ2n) is 4.32. The van der Waals surface area contributed by atoms with E-state index in [1.807, 2.05) is 24.3 Å². The fourth-order valence-electron chi connectivity index (χ4n) is 1.66. The summed E-state index contributed by atoms with van der Waals surface area (Å²) in [5.74, 6) is 0.337. The van der Waals surface area contributed by atoms with Crippen LogP contribution in [-0.4, -0.2) is 27.0 Å². The van der Waals surface area contributed by atoms with Gasteiger partial charge in [-0.15, -0.1) is 0 Å². The molecule has 96 valence electrons. The highest BCUT2D eigenvalue weighted by atomic mass is 35.5. The summed E-state index contributed by atoms with van der Waals surface area (Å²) in [6, 6.07) is 7.58. The Morgan fingerprint density at radius 1 is 1.35 bits per heavy atom. The summed E-state index contributed by atoms with van der Waals surface area (Å²) in [5, 5.41) is 0.713. The molecule has 0 aromatic heterocycles. The van der Waals surface area contributed by atoms with Gasteiger partial charge in [0.15, 0.2) is 0 Å². The summed E-state index contributed by atoms with van der Waals surface area (Å²) in [5.41, 5.74) is 6.69. The van der Waals surface area contributed by atoms with Crippen LogP contribution in [-0.2, 0) is 16.3 Å². The zero-order chi connectivity index (χ0) is 12.9. The molecule has 1 aromatic carbocycles. The second-order valence-corrected chi connectivity index (χ2v) is 6.98. The van der Waals surface area contributed by atoms with Gasteiger partial charge in [0.25, 0.3) is 0 Å². The zero-order valence-electron chi connectivity index (χ0n) is 9.90. The van der Waals surface area contributed by atoms with Gasteiger partial charge in [-0.2, -0.15) is 0 Å². The molecule has 17 heavy (non-hydrogen) atoms. The first kappa shape index (κ1) is 14.5. The quantitative estimate of drug-likeness (QED) is 0.862. The van der Waals surface area contributed by atoms with Gasteiger partial charge in [0.2, 0.25) is 0 Å². The third-order valence-corrected chi connectivity index (χ3v) is 4.04. The highest BCUT2D eigenvalue weighted by Crippen LogP contribution is 2.20. The van der Waals surface area contributed by atoms with E-state index >= 15 is 0 Å². The molecule has 0 amide bonds. The summed E-state index contributed by atoms with van der Waals surface area (Å²) in [4.78, 5) is 0. The fourth-order valence-corrected chi connectivity index (χ4v) is 2.63. The van der Waals surface area contributed by atoms with E-state index < -0.39 is 9.84 Å². The lowest BCUT2D eigenvalue weighted by Crippen LogP contribution is -2.20. The molecule has 0 aliphatic rings. The average Bonchev–Trinajstić information content (AvgIpc) is 2.25. The number of sulfone groups is 1. The Morgan fingerprint density at radius 2 is 2.00 bits per heavy atom. The third kappa shape index (κ3) is 5.52. The van der Waals surface area contributed by atoms with Crippen LogP contribution in [0.25, 0.3) is 0 Å². The summed E-state index contributed by atoms with van der Waals surface area (Å²) in [6.45, 7) is 0.473. The summed E-state index contributed by atoms with van der Waals surface area (Å²) < 4.78 is 22.2. The zero-order valence-corrected chi connectivity index (χ0v) is 11.5. The topological polar surface area (TPSA) is 60.2 Å². The predicted molar refractivity (Wildman–Crippen MR) is 72.0 cm³/mol. The first-order valence-electron chi connectivity index (χ1n) is 5.53. The smallest absolute Gasteiger partial charge is 0.147 e. The molecule has 0 aliphatic heterocycles. The summed E-state index contributed by atoms with van der Waals surface area (Å²) >= 11 is 6.06. The van der Waals surface area contributed by atoms with Gasteiger partial charge >= 0.3 is 0 Å². The van der Waals surface area contributed by atoms with Gasteiger partial charge in [0.05, 0.1) is 5.75 Å². The van der Waals surface area contributed by atoms with Gasteiger partial charge in [-0.25, -0.2) is 8.42 Å². The molecule has 0 radical (unpaired) electrons. The third-order valence-electron chi connectivity index (χ3n) is 2.70. The monoisotopic (exact) mass is 275 g/mol. The van der Waals surface area contributed by atoms with Gasteiger partial charge in [-0.05, 0) is 36.9 Å². The highest BCUT2D eigenvalue weighted by Gasteiger charge is 2.13. The van der Waals surface area contributed by atoms with E-state index in [1.165, 1.54) is 6.26 Å². The molecule has 1 unspecified atom stereocenters. The van der Waals surface area contributed by atoms with Crippen molar-refractivity contribution in [2.24, 2.45) is 11.7 Å². The number of hydrogen-bond donors (Lipinski definition) is 1. The Kier molecular flexibility index (Phi) is 5.43. The van der Waals surface area contributed by atoms with E-state index in [0.717, 1.165) is 12.0 Å². The molecule has 0 heterocycles. The van der Waals surface area contributed by atoms with Gasteiger partial charge in [0.1, 0.15) is 9.84 Å². The van der Waals surface area contributed by atoms with Crippen LogP contribution in [0.1, 0.15) is 12.0 Å². The van der Waals surface area contributed by atoms with E-state index in [-0.39, 0.29) is 11.7 Å². The normalized spacial score (nSPS) is 13.6. The molecule has 3 nitrogen and oxygen atoms in total. The molecule has 0 bridgehead atoms. The molecule has 1 atom stereocenters. The first-order chi connectivity index (χ1) is 7.92. The average molecular weight is 276 g/mol. The predicted octanol–water partition coefficient (Wildman–Crippen LogP) is 1.89. The van der Waals surface area contributed by atoms with Gasteiger partial charge in [-0.3, -0.25) is 0 Å². The molecule has 1 aromatic rings. The SMILES string of the molecule is CS(=O)(=O)CCC(CN)Cc1ccccc1Cl. The van der Waals surface area contributed by atoms with Crippen molar-refractivity contribution in [3.8, 4) is 0 Å². The summed E-state index contributed by atoms with van der Waals surface area (Å²) in [7, 11) is -2.92. The largest absolute Gasteiger partial charge is 0.330 e. The van der Waals surface area contributed by atoms with Crippen molar-refractivity contribution in [1.29, 1.82) is 0 Å². The number of halogens is 1. The van der Waals surface area contributed by atoms with Gasteiger partial charge in [0, 0.05) is 11.3 Å². The van der Waals surface area contributed by atoms with E-state index in [0.29, 0.717) is 18.0 Å². The van der Waals surface area contributed by atoms with E-state index in [1.54, 1.807) is 0 Å². The lowest BCUT2D eigenvalue weighted by Gasteiger charge is -2.14. The maximum absolute atomic E-state index is 11.1. The van der Waals surface area contributed by atoms with Gasteiger partial charge < -0.3 is 5.73 Å². The van der Waals surface area contributed by atoms with Crippen LogP contribution >= 0.6 is 11.6 Å². The number of benzene rings is 1. The fraction of sp³-hybridized carbons (Fsp3) is 0.500. The van der Waals surface area contributed by atoms with Crippen molar-refractivity contribution in [2.75, 3.05) is 18.6 Å². The van der Waals surface area contributed by atoms with Crippen molar-refractivity contribution in [3.63, 3.8) is 0 Å². The Balaban J connectivity index is 2.61. The standard InChI is InChI=1S/C12H18ClNO2S/c1-17(15,16)7-6-10(9-14)8-11-4-2-3-5-12(11)13/h2-5,10H,6-9,14H2,1H3. The highest BCUT2D eigenvalue weighted by molar-refractivity contribution is 7.90.